The fraction of sp³-hybridized carbons (Fsp3) is 0.200. The number of benzene rings is 1. The Kier molecular flexibility index (Phi) is 5.66. The van der Waals surface area contributed by atoms with Crippen LogP contribution in [0.1, 0.15) is 12.8 Å². The van der Waals surface area contributed by atoms with Gasteiger partial charge in [0.25, 0.3) is 0 Å². The van der Waals surface area contributed by atoms with Crippen molar-refractivity contribution < 1.29 is 18.3 Å². The number of carbonyl (C=O) groups is 1. The zero-order valence-electron chi connectivity index (χ0n) is 11.5. The molecule has 0 unspecified atom stereocenters. The number of halogens is 3. The quantitative estimate of drug-likeness (QED) is 0.648. The number of nitrogens with zero attached hydrogens (tertiary/aromatic N) is 1. The number of nitrogens with one attached hydrogen (secondary N) is 1. The van der Waals surface area contributed by atoms with E-state index >= 15 is 0 Å². The molecule has 1 aromatic heterocycles. The highest BCUT2D eigenvalue weighted by Gasteiger charge is 2.06. The molecule has 0 saturated carbocycles. The van der Waals surface area contributed by atoms with Crippen molar-refractivity contribution in [2.45, 2.75) is 12.8 Å². The van der Waals surface area contributed by atoms with E-state index in [9.17, 15) is 13.6 Å². The summed E-state index contributed by atoms with van der Waals surface area (Å²) in [7, 11) is 0. The number of hydrogen-bond acceptors (Lipinski definition) is 3. The van der Waals surface area contributed by atoms with Gasteiger partial charge in [-0.25, -0.2) is 13.8 Å². The Hall–Kier alpha value is -2.21. The van der Waals surface area contributed by atoms with Gasteiger partial charge in [-0.15, -0.1) is 0 Å². The van der Waals surface area contributed by atoms with Crippen LogP contribution in [-0.4, -0.2) is 17.5 Å². The van der Waals surface area contributed by atoms with Gasteiger partial charge in [0.15, 0.2) is 11.6 Å². The minimum absolute atomic E-state index is 0.0382. The second kappa shape index (κ2) is 7.70. The van der Waals surface area contributed by atoms with Crippen molar-refractivity contribution in [3.05, 3.63) is 53.3 Å². The summed E-state index contributed by atoms with van der Waals surface area (Å²) in [6, 6.07) is 6.27. The number of pyridine rings is 1. The van der Waals surface area contributed by atoms with Crippen LogP contribution < -0.4 is 10.1 Å². The van der Waals surface area contributed by atoms with Gasteiger partial charge < -0.3 is 10.1 Å². The maximum atomic E-state index is 13.3. The summed E-state index contributed by atoms with van der Waals surface area (Å²) >= 11 is 5.64. The molecule has 1 heterocycles. The lowest BCUT2D eigenvalue weighted by Crippen LogP contribution is -2.13. The van der Waals surface area contributed by atoms with Gasteiger partial charge in [0.1, 0.15) is 11.0 Å². The largest absolute Gasteiger partial charge is 0.491 e. The summed E-state index contributed by atoms with van der Waals surface area (Å²) in [6.45, 7) is 0.148. The van der Waals surface area contributed by atoms with Crippen molar-refractivity contribution in [1.29, 1.82) is 0 Å². The van der Waals surface area contributed by atoms with E-state index in [-0.39, 0.29) is 24.7 Å². The minimum atomic E-state index is -0.767. The number of rotatable bonds is 6. The number of amides is 1. The number of hydrogen-bond donors (Lipinski definition) is 1. The van der Waals surface area contributed by atoms with Crippen molar-refractivity contribution >= 4 is 23.2 Å². The molecule has 22 heavy (non-hydrogen) atoms. The summed E-state index contributed by atoms with van der Waals surface area (Å²) < 4.78 is 31.2. The van der Waals surface area contributed by atoms with E-state index in [1.807, 2.05) is 0 Å². The normalized spacial score (nSPS) is 10.3. The Balaban J connectivity index is 1.72. The first-order chi connectivity index (χ1) is 10.5. The van der Waals surface area contributed by atoms with E-state index in [0.717, 1.165) is 12.1 Å². The van der Waals surface area contributed by atoms with Crippen LogP contribution in [0.3, 0.4) is 0 Å². The molecule has 0 atom stereocenters. The number of carbonyl (C=O) groups excluding carboxylic acids is 1. The average Bonchev–Trinajstić information content (AvgIpc) is 2.48. The van der Waals surface area contributed by atoms with Crippen LogP contribution in [0.5, 0.6) is 5.75 Å². The Bertz CT molecular complexity index is 650. The van der Waals surface area contributed by atoms with Gasteiger partial charge in [-0.3, -0.25) is 4.79 Å². The lowest BCUT2D eigenvalue weighted by Gasteiger charge is -2.07. The molecule has 116 valence electrons. The van der Waals surface area contributed by atoms with E-state index in [1.54, 1.807) is 12.1 Å². The zero-order valence-corrected chi connectivity index (χ0v) is 12.2. The van der Waals surface area contributed by atoms with Crippen LogP contribution in [0, 0.1) is 11.6 Å². The van der Waals surface area contributed by atoms with Gasteiger partial charge in [0.05, 0.1) is 18.5 Å². The third-order valence-corrected chi connectivity index (χ3v) is 2.93. The molecule has 2 aromatic rings. The van der Waals surface area contributed by atoms with Crippen molar-refractivity contribution in [1.82, 2.24) is 4.98 Å². The molecule has 2 rings (SSSR count). The highest BCUT2D eigenvalue weighted by molar-refractivity contribution is 6.29. The van der Waals surface area contributed by atoms with Gasteiger partial charge >= 0.3 is 0 Å². The van der Waals surface area contributed by atoms with Gasteiger partial charge in [-0.2, -0.15) is 0 Å². The highest BCUT2D eigenvalue weighted by atomic mass is 35.5. The highest BCUT2D eigenvalue weighted by Crippen LogP contribution is 2.18. The summed E-state index contributed by atoms with van der Waals surface area (Å²) in [4.78, 5) is 15.5. The number of aromatic nitrogens is 1. The zero-order chi connectivity index (χ0) is 15.9. The van der Waals surface area contributed by atoms with Crippen LogP contribution in [0.25, 0.3) is 0 Å². The molecule has 1 aromatic carbocycles. The predicted octanol–water partition coefficient (Wildman–Crippen LogP) is 3.81. The summed E-state index contributed by atoms with van der Waals surface area (Å²) in [5, 5.41) is 2.99. The first kappa shape index (κ1) is 16.2. The molecule has 0 radical (unpaired) electrons. The van der Waals surface area contributed by atoms with Crippen molar-refractivity contribution in [2.24, 2.45) is 0 Å². The molecule has 0 bridgehead atoms. The van der Waals surface area contributed by atoms with E-state index in [0.29, 0.717) is 17.3 Å². The molecular weight excluding hydrogens is 314 g/mol. The first-order valence-corrected chi connectivity index (χ1v) is 6.91. The maximum Gasteiger partial charge on any atom is 0.224 e. The number of ether oxygens (including phenoxy) is 1. The molecule has 0 saturated heterocycles. The molecule has 0 aliphatic carbocycles. The molecule has 0 aliphatic rings. The third kappa shape index (κ3) is 4.96. The van der Waals surface area contributed by atoms with Crippen molar-refractivity contribution in [2.75, 3.05) is 11.9 Å². The smallest absolute Gasteiger partial charge is 0.224 e. The van der Waals surface area contributed by atoms with Crippen LogP contribution in [0.15, 0.2) is 36.5 Å². The molecule has 0 spiro atoms. The van der Waals surface area contributed by atoms with Crippen LogP contribution >= 0.6 is 11.6 Å². The van der Waals surface area contributed by atoms with Crippen molar-refractivity contribution in [3.63, 3.8) is 0 Å². The Morgan fingerprint density at radius 2 is 2.09 bits per heavy atom. The van der Waals surface area contributed by atoms with E-state index in [1.165, 1.54) is 12.3 Å². The first-order valence-electron chi connectivity index (χ1n) is 6.54. The van der Waals surface area contributed by atoms with Crippen LogP contribution in [-0.2, 0) is 4.79 Å². The van der Waals surface area contributed by atoms with E-state index in [4.69, 9.17) is 16.3 Å². The summed E-state index contributed by atoms with van der Waals surface area (Å²) in [5.41, 5.74) is 0.542. The fourth-order valence-electron chi connectivity index (χ4n) is 1.68. The molecule has 0 aliphatic heterocycles. The SMILES string of the molecule is O=C(CCCOc1ccc(F)cc1F)Nc1ccc(Cl)nc1. The molecule has 4 nitrogen and oxygen atoms in total. The molecular formula is C15H13ClF2N2O2. The average molecular weight is 327 g/mol. The molecule has 1 amide bonds. The third-order valence-electron chi connectivity index (χ3n) is 2.71. The Morgan fingerprint density at radius 3 is 2.77 bits per heavy atom. The summed E-state index contributed by atoms with van der Waals surface area (Å²) in [5.74, 6) is -1.69. The van der Waals surface area contributed by atoms with Crippen molar-refractivity contribution in [3.8, 4) is 5.75 Å². The molecule has 0 fully saturated rings. The summed E-state index contributed by atoms with van der Waals surface area (Å²) in [6.07, 6.45) is 2.04. The topological polar surface area (TPSA) is 51.2 Å². The fourth-order valence-corrected chi connectivity index (χ4v) is 1.79. The van der Waals surface area contributed by atoms with Gasteiger partial charge in [-0.1, -0.05) is 11.6 Å². The van der Waals surface area contributed by atoms with Crippen LogP contribution in [0.2, 0.25) is 5.15 Å². The predicted molar refractivity (Wildman–Crippen MR) is 79.0 cm³/mol. The Morgan fingerprint density at radius 1 is 1.27 bits per heavy atom. The lowest BCUT2D eigenvalue weighted by molar-refractivity contribution is -0.116. The van der Waals surface area contributed by atoms with Gasteiger partial charge in [0, 0.05) is 12.5 Å². The molecule has 7 heteroatoms. The van der Waals surface area contributed by atoms with Gasteiger partial charge in [0.2, 0.25) is 5.91 Å². The standard InChI is InChI=1S/C15H13ClF2N2O2/c16-14-6-4-11(9-19-14)20-15(21)2-1-7-22-13-5-3-10(17)8-12(13)18/h3-6,8-9H,1-2,7H2,(H,20,21). The van der Waals surface area contributed by atoms with Gasteiger partial charge in [-0.05, 0) is 30.7 Å². The monoisotopic (exact) mass is 326 g/mol. The molecule has 1 N–H and O–H groups in total. The maximum absolute atomic E-state index is 13.3. The number of anilines is 1. The second-order valence-electron chi connectivity index (χ2n) is 4.44. The minimum Gasteiger partial charge on any atom is -0.491 e. The Labute approximate surface area is 131 Å². The van der Waals surface area contributed by atoms with E-state index in [2.05, 4.69) is 10.3 Å². The van der Waals surface area contributed by atoms with Crippen LogP contribution in [0.4, 0.5) is 14.5 Å². The van der Waals surface area contributed by atoms with E-state index < -0.39 is 11.6 Å². The second-order valence-corrected chi connectivity index (χ2v) is 4.83. The lowest BCUT2D eigenvalue weighted by atomic mass is 10.3.